The molecule has 492 valence electrons. The van der Waals surface area contributed by atoms with Gasteiger partial charge in [-0.3, -0.25) is 9.97 Å². The smallest absolute Gasteiger partial charge is 0.378 e. The van der Waals surface area contributed by atoms with Gasteiger partial charge in [0.25, 0.3) is 10.0 Å². The fraction of sp³-hybridized carbons (Fsp3) is 0.111. The first-order valence-electron chi connectivity index (χ1n) is 28.0. The van der Waals surface area contributed by atoms with E-state index in [9.17, 15) is 48.9 Å². The maximum absolute atomic E-state index is 15.8. The van der Waals surface area contributed by atoms with Gasteiger partial charge < -0.3 is 13.1 Å². The van der Waals surface area contributed by atoms with Gasteiger partial charge in [-0.05, 0) is 60.0 Å². The Morgan fingerprint density at radius 2 is 0.887 bits per heavy atom. The number of fused-ring (bicyclic) bond motifs is 3. The normalized spacial score (nSPS) is 13.4. The van der Waals surface area contributed by atoms with Crippen LogP contribution >= 0.6 is 46.4 Å². The molecule has 0 unspecified atom stereocenters. The molecular formula is C63H38B2Cl4F9N9O7S3. The largest absolute Gasteiger partial charge is 0.512 e. The van der Waals surface area contributed by atoms with E-state index in [0.717, 1.165) is 12.1 Å². The molecule has 16 nitrogen and oxygen atoms in total. The number of nitrogens with one attached hydrogen (secondary N) is 1. The predicted octanol–water partition coefficient (Wildman–Crippen LogP) is 10.8. The van der Waals surface area contributed by atoms with Crippen LogP contribution in [0.3, 0.4) is 0 Å². The summed E-state index contributed by atoms with van der Waals surface area (Å²) in [6, 6.07) is 49.1. The first kappa shape index (κ1) is 69.4. The zero-order valence-corrected chi connectivity index (χ0v) is 54.6. The lowest BCUT2D eigenvalue weighted by Crippen LogP contribution is -2.64. The van der Waals surface area contributed by atoms with Crippen molar-refractivity contribution in [3.63, 3.8) is 0 Å². The molecule has 4 aromatic heterocycles. The maximum Gasteiger partial charge on any atom is 0.512 e. The Bertz CT molecular complexity index is 5380. The Balaban J connectivity index is 1.33. The minimum atomic E-state index is -8.13. The molecule has 7 aromatic carbocycles. The van der Waals surface area contributed by atoms with Crippen molar-refractivity contribution in [1.29, 1.82) is 10.5 Å². The minimum absolute atomic E-state index is 0.0108. The highest BCUT2D eigenvalue weighted by Crippen LogP contribution is 2.51. The van der Waals surface area contributed by atoms with Crippen LogP contribution in [-0.4, -0.2) is 89.8 Å². The standard InChI is InChI=1S/C63H38B2Cl4F9N9O7S3/c1-35(2)56-54-55(59(43(32-80)53-34-82-49-28-45(67)47(69)30-51(49)84-53)86(56)64(37-15-7-3-8-16-37)38-17-9-4-10-18-38)57(36-23-25-41(26-24-36)94-97(92,93)62(74,75)60(70,71)61(72,73)95(88,89)85-96(90,91)63(76,77)78)87(65(39-19-11-5-12-20-39)40-21-13-6-14-22-40)58(54)42(31-79)52-33-81-48-27-44(66)46(68)29-50(48)83-52/h3-30,33-35,85H,1-2H3/b58-42-,59-43-. The number of nitriles is 2. The van der Waals surface area contributed by atoms with Crippen LogP contribution in [0.5, 0.6) is 5.75 Å². The third-order valence-corrected chi connectivity index (χ3v) is 21.4. The molecule has 0 saturated heterocycles. The van der Waals surface area contributed by atoms with Gasteiger partial charge in [0, 0.05) is 22.2 Å². The highest BCUT2D eigenvalue weighted by atomic mass is 35.5. The number of hydrogen-bond donors (Lipinski definition) is 1. The third-order valence-electron chi connectivity index (χ3n) is 15.3. The number of benzene rings is 7. The molecule has 0 radical (unpaired) electrons. The summed E-state index contributed by atoms with van der Waals surface area (Å²) in [6.07, 6.45) is 2.62. The van der Waals surface area contributed by atoms with E-state index in [1.54, 1.807) is 102 Å². The Labute approximate surface area is 565 Å². The maximum atomic E-state index is 15.8. The Morgan fingerprint density at radius 3 is 1.26 bits per heavy atom. The summed E-state index contributed by atoms with van der Waals surface area (Å²) in [6.45, 7) is 1.62. The average molecular weight is 1460 g/mol. The van der Waals surface area contributed by atoms with Crippen LogP contribution in [0.4, 0.5) is 39.5 Å². The number of rotatable bonds is 18. The fourth-order valence-corrected chi connectivity index (χ4v) is 15.2. The van der Waals surface area contributed by atoms with Crippen molar-refractivity contribution in [2.45, 2.75) is 41.7 Å². The van der Waals surface area contributed by atoms with Gasteiger partial charge in [-0.2, -0.15) is 58.5 Å². The lowest BCUT2D eigenvalue weighted by atomic mass is 9.50. The zero-order chi connectivity index (χ0) is 70.1. The SMILES string of the molecule is CC(C)c1c2/c(=C(\C#N)c3cnc4cc(Cl)c(Cl)cc4n3)n(B(c3ccccc3)c3ccccc3)c(-c3ccc(OS(=O)(=O)C(F)(F)C(F)(F)C(F)(F)S(=O)(=O)NS(=O)(=O)C(F)(F)F)cc3)c2/c(=C(\C#N)c2cnc3cc(Cl)c(Cl)cc3n2)n1B(c1ccccc1)c1ccccc1. The first-order valence-corrected chi connectivity index (χ1v) is 33.9. The number of aromatic nitrogens is 6. The van der Waals surface area contributed by atoms with E-state index >= 15 is 26.3 Å². The van der Waals surface area contributed by atoms with E-state index in [4.69, 9.17) is 56.4 Å². The van der Waals surface area contributed by atoms with Crippen molar-refractivity contribution in [2.75, 3.05) is 0 Å². The molecule has 0 atom stereocenters. The van der Waals surface area contributed by atoms with Gasteiger partial charge >= 0.3 is 55.8 Å². The predicted molar refractivity (Wildman–Crippen MR) is 352 cm³/mol. The summed E-state index contributed by atoms with van der Waals surface area (Å²) >= 11 is 26.1. The summed E-state index contributed by atoms with van der Waals surface area (Å²) in [5.41, 5.74) is -3.99. The van der Waals surface area contributed by atoms with E-state index in [0.29, 0.717) is 39.7 Å². The minimum Gasteiger partial charge on any atom is -0.378 e. The topological polar surface area (TPSA) is 233 Å². The summed E-state index contributed by atoms with van der Waals surface area (Å²) in [7, 11) is -23.4. The molecule has 0 spiro atoms. The Kier molecular flexibility index (Phi) is 18.4. The van der Waals surface area contributed by atoms with Crippen molar-refractivity contribution in [2.24, 2.45) is 0 Å². The number of hydrogen-bond acceptors (Lipinski definition) is 13. The molecule has 0 amide bonds. The van der Waals surface area contributed by atoms with E-state index < -0.39 is 81.6 Å². The van der Waals surface area contributed by atoms with Crippen LogP contribution in [0.2, 0.25) is 20.1 Å². The number of nitrogens with zero attached hydrogens (tertiary/aromatic N) is 8. The summed E-state index contributed by atoms with van der Waals surface area (Å²) in [4.78, 5) is 19.2. The van der Waals surface area contributed by atoms with Crippen LogP contribution in [0, 0.1) is 22.7 Å². The number of sulfonamides is 2. The van der Waals surface area contributed by atoms with Crippen molar-refractivity contribution in [3.05, 3.63) is 230 Å². The van der Waals surface area contributed by atoms with Crippen LogP contribution < -0.4 is 40.9 Å². The van der Waals surface area contributed by atoms with Gasteiger partial charge in [-0.1, -0.05) is 208 Å². The molecule has 1 N–H and O–H groups in total. The molecule has 4 heterocycles. The van der Waals surface area contributed by atoms with E-state index in [2.05, 4.69) is 26.3 Å². The highest BCUT2D eigenvalue weighted by Gasteiger charge is 2.83. The zero-order valence-electron chi connectivity index (χ0n) is 49.1. The van der Waals surface area contributed by atoms with E-state index in [1.807, 2.05) is 42.6 Å². The number of alkyl halides is 9. The molecular weight excluding hydrogens is 1430 g/mol. The lowest BCUT2D eigenvalue weighted by molar-refractivity contribution is -0.245. The van der Waals surface area contributed by atoms with Gasteiger partial charge in [0.05, 0.1) is 65.2 Å². The number of halogens is 13. The van der Waals surface area contributed by atoms with Crippen LogP contribution in [0.15, 0.2) is 182 Å². The molecule has 34 heteroatoms. The Morgan fingerprint density at radius 1 is 0.515 bits per heavy atom. The van der Waals surface area contributed by atoms with Crippen LogP contribution in [0.1, 0.15) is 36.8 Å². The van der Waals surface area contributed by atoms with Gasteiger partial charge in [-0.25, -0.2) is 26.8 Å². The van der Waals surface area contributed by atoms with Gasteiger partial charge in [0.1, 0.15) is 40.4 Å². The molecule has 11 aromatic rings. The molecule has 11 rings (SSSR count). The van der Waals surface area contributed by atoms with E-state index in [1.165, 1.54) is 36.7 Å². The summed E-state index contributed by atoms with van der Waals surface area (Å²) < 4.78 is 214. The van der Waals surface area contributed by atoms with Crippen molar-refractivity contribution in [1.82, 2.24) is 33.0 Å². The fourth-order valence-electron chi connectivity index (χ4n) is 11.1. The molecule has 0 saturated carbocycles. The van der Waals surface area contributed by atoms with Crippen LogP contribution in [-0.2, 0) is 30.2 Å². The van der Waals surface area contributed by atoms with Gasteiger partial charge in [-0.15, -0.1) is 0 Å². The Hall–Kier alpha value is -8.97. The average Bonchev–Trinajstić information content (AvgIpc) is 1.52. The molecule has 97 heavy (non-hydrogen) atoms. The first-order chi connectivity index (χ1) is 45.7. The lowest BCUT2D eigenvalue weighted by Gasteiger charge is -2.31. The van der Waals surface area contributed by atoms with Crippen molar-refractivity contribution in [3.8, 4) is 29.1 Å². The van der Waals surface area contributed by atoms with Gasteiger partial charge in [0.2, 0.25) is 0 Å². The monoisotopic (exact) mass is 1460 g/mol. The molecule has 0 aliphatic heterocycles. The second-order valence-corrected chi connectivity index (χ2v) is 28.6. The summed E-state index contributed by atoms with van der Waals surface area (Å²) in [5.74, 6) is -9.86. The van der Waals surface area contributed by atoms with E-state index in [-0.39, 0.29) is 97.4 Å². The highest BCUT2D eigenvalue weighted by molar-refractivity contribution is 8.05. The van der Waals surface area contributed by atoms with Gasteiger partial charge in [0.15, 0.2) is 0 Å². The molecule has 0 bridgehead atoms. The quantitative estimate of drug-likeness (QED) is 0.0479. The van der Waals surface area contributed by atoms with Crippen molar-refractivity contribution >= 4 is 156 Å². The molecule has 0 aliphatic carbocycles. The van der Waals surface area contributed by atoms with Crippen LogP contribution in [0.25, 0.3) is 55.2 Å². The second-order valence-electron chi connectivity index (χ2n) is 21.7. The second kappa shape index (κ2) is 25.8. The summed E-state index contributed by atoms with van der Waals surface area (Å²) in [5, 5.41) is 9.93. The molecule has 0 fully saturated rings. The third kappa shape index (κ3) is 12.2. The van der Waals surface area contributed by atoms with Crippen molar-refractivity contribution < 1.29 is 69.0 Å². The molecule has 0 aliphatic rings.